The minimum atomic E-state index is 1.14. The molecule has 0 amide bonds. The van der Waals surface area contributed by atoms with E-state index in [9.17, 15) is 0 Å². The Balaban J connectivity index is 2.15. The van der Waals surface area contributed by atoms with E-state index in [1.165, 1.54) is 31.2 Å². The molecule has 2 heteroatoms. The van der Waals surface area contributed by atoms with Gasteiger partial charge < -0.3 is 5.32 Å². The van der Waals surface area contributed by atoms with Crippen molar-refractivity contribution in [3.05, 3.63) is 34.3 Å². The highest BCUT2D eigenvalue weighted by Gasteiger charge is 1.93. The fourth-order valence-corrected chi connectivity index (χ4v) is 1.72. The number of hydrogen-bond donors (Lipinski definition) is 1. The lowest BCUT2D eigenvalue weighted by molar-refractivity contribution is 0.642. The summed E-state index contributed by atoms with van der Waals surface area (Å²) in [5.74, 6) is 0. The van der Waals surface area contributed by atoms with E-state index in [0.717, 1.165) is 11.0 Å². The summed E-state index contributed by atoms with van der Waals surface area (Å²) in [6.45, 7) is 1.14. The highest BCUT2D eigenvalue weighted by atomic mass is 79.9. The fraction of sp³-hybridized carbons (Fsp3) is 0.500. The molecule has 1 rings (SSSR count). The zero-order valence-corrected chi connectivity index (χ0v) is 10.3. The van der Waals surface area contributed by atoms with Crippen LogP contribution in [0.15, 0.2) is 28.7 Å². The van der Waals surface area contributed by atoms with Crippen molar-refractivity contribution in [2.24, 2.45) is 0 Å². The molecule has 1 nitrogen and oxygen atoms in total. The van der Waals surface area contributed by atoms with Crippen LogP contribution in [0, 0.1) is 0 Å². The molecule has 0 bridgehead atoms. The first-order valence-electron chi connectivity index (χ1n) is 5.22. The van der Waals surface area contributed by atoms with Gasteiger partial charge in [0.25, 0.3) is 0 Å². The van der Waals surface area contributed by atoms with Crippen molar-refractivity contribution in [1.29, 1.82) is 0 Å². The molecule has 0 aromatic heterocycles. The average Bonchev–Trinajstić information content (AvgIpc) is 2.21. The summed E-state index contributed by atoms with van der Waals surface area (Å²) in [5, 5.41) is 3.17. The monoisotopic (exact) mass is 255 g/mol. The summed E-state index contributed by atoms with van der Waals surface area (Å²) >= 11 is 3.44. The van der Waals surface area contributed by atoms with Gasteiger partial charge in [0, 0.05) is 4.47 Å². The maximum Gasteiger partial charge on any atom is 0.0175 e. The molecule has 0 atom stereocenters. The normalized spacial score (nSPS) is 10.4. The second kappa shape index (κ2) is 7.02. The van der Waals surface area contributed by atoms with Gasteiger partial charge in [0.1, 0.15) is 0 Å². The lowest BCUT2D eigenvalue weighted by atomic mass is 10.1. The average molecular weight is 256 g/mol. The number of unbranched alkanes of at least 4 members (excludes halogenated alkanes) is 2. The van der Waals surface area contributed by atoms with Crippen molar-refractivity contribution in [1.82, 2.24) is 5.32 Å². The number of aryl methyl sites for hydroxylation is 1. The van der Waals surface area contributed by atoms with Crippen LogP contribution in [0.1, 0.15) is 24.8 Å². The van der Waals surface area contributed by atoms with Gasteiger partial charge in [-0.2, -0.15) is 0 Å². The smallest absolute Gasteiger partial charge is 0.0175 e. The van der Waals surface area contributed by atoms with Crippen LogP contribution in [0.2, 0.25) is 0 Å². The molecule has 0 saturated carbocycles. The first kappa shape index (κ1) is 11.7. The Morgan fingerprint density at radius 2 is 1.79 bits per heavy atom. The standard InChI is InChI=1S/C12H18BrN/c1-14-10-4-2-3-5-11-6-8-12(13)9-7-11/h6-9,14H,2-5,10H2,1H3. The summed E-state index contributed by atoms with van der Waals surface area (Å²) in [6.07, 6.45) is 5.10. The van der Waals surface area contributed by atoms with Gasteiger partial charge in [-0.3, -0.25) is 0 Å². The zero-order chi connectivity index (χ0) is 10.2. The van der Waals surface area contributed by atoms with Gasteiger partial charge >= 0.3 is 0 Å². The number of halogens is 1. The highest BCUT2D eigenvalue weighted by Crippen LogP contribution is 2.12. The first-order chi connectivity index (χ1) is 6.83. The topological polar surface area (TPSA) is 12.0 Å². The van der Waals surface area contributed by atoms with Crippen molar-refractivity contribution in [2.45, 2.75) is 25.7 Å². The van der Waals surface area contributed by atoms with Gasteiger partial charge in [0.2, 0.25) is 0 Å². The zero-order valence-electron chi connectivity index (χ0n) is 8.72. The number of rotatable bonds is 6. The molecule has 78 valence electrons. The Morgan fingerprint density at radius 3 is 2.43 bits per heavy atom. The molecule has 0 aliphatic rings. The maximum atomic E-state index is 3.44. The minimum absolute atomic E-state index is 1.14. The summed E-state index contributed by atoms with van der Waals surface area (Å²) in [5.41, 5.74) is 1.44. The number of hydrogen-bond acceptors (Lipinski definition) is 1. The third-order valence-electron chi connectivity index (χ3n) is 2.31. The molecule has 0 fully saturated rings. The van der Waals surface area contributed by atoms with Gasteiger partial charge in [-0.15, -0.1) is 0 Å². The summed E-state index contributed by atoms with van der Waals surface area (Å²) in [7, 11) is 2.01. The van der Waals surface area contributed by atoms with Gasteiger partial charge in [0.15, 0.2) is 0 Å². The molecule has 0 unspecified atom stereocenters. The van der Waals surface area contributed by atoms with E-state index in [-0.39, 0.29) is 0 Å². The van der Waals surface area contributed by atoms with E-state index in [1.54, 1.807) is 0 Å². The van der Waals surface area contributed by atoms with Crippen LogP contribution in [0.25, 0.3) is 0 Å². The number of nitrogens with one attached hydrogen (secondary N) is 1. The van der Waals surface area contributed by atoms with Crippen LogP contribution < -0.4 is 5.32 Å². The van der Waals surface area contributed by atoms with Crippen LogP contribution in [-0.2, 0) is 6.42 Å². The summed E-state index contributed by atoms with van der Waals surface area (Å²) in [6, 6.07) is 8.62. The minimum Gasteiger partial charge on any atom is -0.320 e. The van der Waals surface area contributed by atoms with E-state index < -0.39 is 0 Å². The Hall–Kier alpha value is -0.340. The summed E-state index contributed by atoms with van der Waals surface area (Å²) < 4.78 is 1.16. The molecule has 0 aliphatic carbocycles. The van der Waals surface area contributed by atoms with E-state index >= 15 is 0 Å². The van der Waals surface area contributed by atoms with Crippen molar-refractivity contribution in [2.75, 3.05) is 13.6 Å². The van der Waals surface area contributed by atoms with Gasteiger partial charge in [-0.1, -0.05) is 34.5 Å². The second-order valence-corrected chi connectivity index (χ2v) is 4.46. The fourth-order valence-electron chi connectivity index (χ4n) is 1.46. The lowest BCUT2D eigenvalue weighted by Gasteiger charge is -2.01. The van der Waals surface area contributed by atoms with Crippen LogP contribution in [0.3, 0.4) is 0 Å². The molecule has 1 aromatic carbocycles. The Kier molecular flexibility index (Phi) is 5.88. The quantitative estimate of drug-likeness (QED) is 0.769. The van der Waals surface area contributed by atoms with E-state index in [2.05, 4.69) is 45.5 Å². The van der Waals surface area contributed by atoms with Gasteiger partial charge in [0.05, 0.1) is 0 Å². The molecule has 0 radical (unpaired) electrons. The van der Waals surface area contributed by atoms with Crippen LogP contribution >= 0.6 is 15.9 Å². The van der Waals surface area contributed by atoms with Gasteiger partial charge in [-0.25, -0.2) is 0 Å². The van der Waals surface area contributed by atoms with E-state index in [1.807, 2.05) is 7.05 Å². The Bertz CT molecular complexity index is 243. The van der Waals surface area contributed by atoms with E-state index in [0.29, 0.717) is 0 Å². The number of benzene rings is 1. The third kappa shape index (κ3) is 4.77. The molecular formula is C12H18BrN. The van der Waals surface area contributed by atoms with Crippen molar-refractivity contribution in [3.63, 3.8) is 0 Å². The Morgan fingerprint density at radius 1 is 1.07 bits per heavy atom. The molecule has 1 N–H and O–H groups in total. The van der Waals surface area contributed by atoms with Crippen molar-refractivity contribution >= 4 is 15.9 Å². The Labute approximate surface area is 95.0 Å². The molecule has 0 saturated heterocycles. The maximum absolute atomic E-state index is 3.44. The SMILES string of the molecule is CNCCCCCc1ccc(Br)cc1. The predicted molar refractivity (Wildman–Crippen MR) is 65.6 cm³/mol. The van der Waals surface area contributed by atoms with Crippen LogP contribution in [0.4, 0.5) is 0 Å². The van der Waals surface area contributed by atoms with E-state index in [4.69, 9.17) is 0 Å². The highest BCUT2D eigenvalue weighted by molar-refractivity contribution is 9.10. The predicted octanol–water partition coefficient (Wildman–Crippen LogP) is 3.38. The largest absolute Gasteiger partial charge is 0.320 e. The second-order valence-electron chi connectivity index (χ2n) is 3.54. The molecule has 0 heterocycles. The van der Waals surface area contributed by atoms with Crippen molar-refractivity contribution in [3.8, 4) is 0 Å². The van der Waals surface area contributed by atoms with Crippen molar-refractivity contribution < 1.29 is 0 Å². The first-order valence-corrected chi connectivity index (χ1v) is 6.01. The molecule has 0 aliphatic heterocycles. The van der Waals surface area contributed by atoms with Crippen LogP contribution in [0.5, 0.6) is 0 Å². The van der Waals surface area contributed by atoms with Gasteiger partial charge in [-0.05, 0) is 50.6 Å². The summed E-state index contributed by atoms with van der Waals surface area (Å²) in [4.78, 5) is 0. The molecule has 14 heavy (non-hydrogen) atoms. The molecule has 1 aromatic rings. The molecule has 0 spiro atoms. The molecular weight excluding hydrogens is 238 g/mol. The lowest BCUT2D eigenvalue weighted by Crippen LogP contribution is -2.07. The van der Waals surface area contributed by atoms with Crippen LogP contribution in [-0.4, -0.2) is 13.6 Å². The third-order valence-corrected chi connectivity index (χ3v) is 2.83.